The molecule has 0 aliphatic heterocycles. The molecule has 0 atom stereocenters. The summed E-state index contributed by atoms with van der Waals surface area (Å²) < 4.78 is 77.2. The highest BCUT2D eigenvalue weighted by molar-refractivity contribution is 5.64. The van der Waals surface area contributed by atoms with E-state index in [0.29, 0.717) is 11.3 Å². The van der Waals surface area contributed by atoms with Crippen molar-refractivity contribution in [2.24, 2.45) is 0 Å². The fraction of sp³-hybridized carbons (Fsp3) is 0.130. The predicted molar refractivity (Wildman–Crippen MR) is 103 cm³/mol. The van der Waals surface area contributed by atoms with Crippen molar-refractivity contribution in [3.05, 3.63) is 95.3 Å². The molecular weight excluding hydrogens is 403 g/mol. The Morgan fingerprint density at radius 2 is 1.40 bits per heavy atom. The number of rotatable bonds is 7. The zero-order valence-electron chi connectivity index (χ0n) is 15.9. The maximum Gasteiger partial charge on any atom is 0.309 e. The van der Waals surface area contributed by atoms with E-state index in [1.165, 1.54) is 12.1 Å². The Labute approximate surface area is 170 Å². The van der Waals surface area contributed by atoms with E-state index in [1.807, 2.05) is 0 Å². The van der Waals surface area contributed by atoms with E-state index >= 15 is 0 Å². The lowest BCUT2D eigenvalue weighted by molar-refractivity contribution is 0.156. The molecule has 3 rings (SSSR count). The van der Waals surface area contributed by atoms with Gasteiger partial charge in [0.05, 0.1) is 6.61 Å². The van der Waals surface area contributed by atoms with Crippen LogP contribution in [0, 0.1) is 17.5 Å². The first-order chi connectivity index (χ1) is 14.4. The van der Waals surface area contributed by atoms with Crippen LogP contribution in [0.5, 0.6) is 5.75 Å². The lowest BCUT2D eigenvalue weighted by Gasteiger charge is -2.09. The fourth-order valence-electron chi connectivity index (χ4n) is 2.68. The second kappa shape index (κ2) is 9.43. The molecule has 0 unspecified atom stereocenters. The summed E-state index contributed by atoms with van der Waals surface area (Å²) in [6.07, 6.45) is 0. The van der Waals surface area contributed by atoms with Gasteiger partial charge in [-0.1, -0.05) is 36.4 Å². The smallest absolute Gasteiger partial charge is 0.309 e. The van der Waals surface area contributed by atoms with Crippen molar-refractivity contribution in [1.82, 2.24) is 0 Å². The van der Waals surface area contributed by atoms with Gasteiger partial charge in [-0.05, 0) is 47.9 Å². The average molecular weight is 420 g/mol. The second-order valence-corrected chi connectivity index (χ2v) is 6.28. The lowest BCUT2D eigenvalue weighted by atomic mass is 10.1. The van der Waals surface area contributed by atoms with Crippen molar-refractivity contribution in [2.75, 3.05) is 6.61 Å². The van der Waals surface area contributed by atoms with Gasteiger partial charge in [-0.15, -0.1) is 0 Å². The molecule has 0 saturated carbocycles. The third kappa shape index (κ3) is 4.97. The maximum absolute atomic E-state index is 13.8. The van der Waals surface area contributed by atoms with E-state index in [1.54, 1.807) is 43.3 Å². The average Bonchev–Trinajstić information content (AvgIpc) is 2.76. The number of ether oxygens (including phenoxy) is 2. The van der Waals surface area contributed by atoms with Gasteiger partial charge in [0.1, 0.15) is 12.4 Å². The molecule has 0 heterocycles. The summed E-state index contributed by atoms with van der Waals surface area (Å²) >= 11 is 0. The fourth-order valence-corrected chi connectivity index (χ4v) is 2.68. The lowest BCUT2D eigenvalue weighted by Crippen LogP contribution is -1.96. The normalized spacial score (nSPS) is 11.8. The Hall–Kier alpha value is -3.35. The third-order valence-electron chi connectivity index (χ3n) is 4.23. The van der Waals surface area contributed by atoms with E-state index < -0.39 is 29.3 Å². The minimum absolute atomic E-state index is 0.0228. The van der Waals surface area contributed by atoms with Crippen LogP contribution in [0.1, 0.15) is 18.1 Å². The summed E-state index contributed by atoms with van der Waals surface area (Å²) in [6, 6.07) is 12.9. The first-order valence-corrected chi connectivity index (χ1v) is 9.04. The summed E-state index contributed by atoms with van der Waals surface area (Å²) in [5.74, 6) is -4.63. The summed E-state index contributed by atoms with van der Waals surface area (Å²) in [5, 5.41) is 0. The van der Waals surface area contributed by atoms with E-state index in [0.717, 1.165) is 17.7 Å². The van der Waals surface area contributed by atoms with Gasteiger partial charge in [0.2, 0.25) is 5.83 Å². The van der Waals surface area contributed by atoms with Gasteiger partial charge < -0.3 is 9.47 Å². The van der Waals surface area contributed by atoms with Crippen LogP contribution in [-0.2, 0) is 11.3 Å². The van der Waals surface area contributed by atoms with Crippen LogP contribution in [0.4, 0.5) is 22.0 Å². The number of halogens is 5. The van der Waals surface area contributed by atoms with E-state index in [-0.39, 0.29) is 24.3 Å². The van der Waals surface area contributed by atoms with Crippen LogP contribution in [0.2, 0.25) is 0 Å². The molecule has 3 aromatic carbocycles. The molecule has 0 bridgehead atoms. The Kier molecular flexibility index (Phi) is 6.72. The zero-order valence-corrected chi connectivity index (χ0v) is 15.9. The minimum Gasteiger partial charge on any atom is -0.489 e. The van der Waals surface area contributed by atoms with Crippen molar-refractivity contribution in [3.63, 3.8) is 0 Å². The zero-order chi connectivity index (χ0) is 21.7. The van der Waals surface area contributed by atoms with E-state index in [2.05, 4.69) is 4.74 Å². The molecule has 0 aliphatic rings. The molecule has 156 valence electrons. The molecule has 30 heavy (non-hydrogen) atoms. The van der Waals surface area contributed by atoms with Crippen LogP contribution >= 0.6 is 0 Å². The molecule has 0 fully saturated rings. The summed E-state index contributed by atoms with van der Waals surface area (Å²) in [5.41, 5.74) is 1.45. The quantitative estimate of drug-likeness (QED) is 0.234. The monoisotopic (exact) mass is 420 g/mol. The van der Waals surface area contributed by atoms with Crippen molar-refractivity contribution in [3.8, 4) is 16.9 Å². The van der Waals surface area contributed by atoms with E-state index in [9.17, 15) is 22.0 Å². The molecule has 0 radical (unpaired) electrons. The van der Waals surface area contributed by atoms with Gasteiger partial charge in [-0.25, -0.2) is 13.2 Å². The van der Waals surface area contributed by atoms with Crippen molar-refractivity contribution >= 4 is 5.83 Å². The second-order valence-electron chi connectivity index (χ2n) is 6.28. The maximum atomic E-state index is 13.8. The van der Waals surface area contributed by atoms with Gasteiger partial charge in [0.25, 0.3) is 0 Å². The number of hydrogen-bond acceptors (Lipinski definition) is 2. The van der Waals surface area contributed by atoms with Crippen LogP contribution in [0.25, 0.3) is 17.0 Å². The van der Waals surface area contributed by atoms with Gasteiger partial charge in [0.15, 0.2) is 17.5 Å². The Balaban J connectivity index is 1.65. The van der Waals surface area contributed by atoms with Gasteiger partial charge in [-0.3, -0.25) is 0 Å². The molecule has 0 aliphatic carbocycles. The molecule has 7 heteroatoms. The predicted octanol–water partition coefficient (Wildman–Crippen LogP) is 6.95. The van der Waals surface area contributed by atoms with E-state index in [4.69, 9.17) is 4.74 Å². The van der Waals surface area contributed by atoms with Crippen LogP contribution in [0.3, 0.4) is 0 Å². The minimum atomic E-state index is -1.51. The Bertz CT molecular complexity index is 1020. The first-order valence-electron chi connectivity index (χ1n) is 9.04. The molecule has 0 aromatic heterocycles. The van der Waals surface area contributed by atoms with Crippen LogP contribution < -0.4 is 4.74 Å². The van der Waals surface area contributed by atoms with Crippen molar-refractivity contribution in [2.45, 2.75) is 13.5 Å². The summed E-state index contributed by atoms with van der Waals surface area (Å²) in [7, 11) is 0. The molecule has 0 spiro atoms. The largest absolute Gasteiger partial charge is 0.489 e. The Morgan fingerprint density at radius 3 is 1.97 bits per heavy atom. The van der Waals surface area contributed by atoms with Crippen molar-refractivity contribution in [1.29, 1.82) is 0 Å². The number of benzene rings is 3. The summed E-state index contributed by atoms with van der Waals surface area (Å²) in [4.78, 5) is 0. The van der Waals surface area contributed by atoms with Crippen LogP contribution in [-0.4, -0.2) is 6.61 Å². The van der Waals surface area contributed by atoms with Gasteiger partial charge >= 0.3 is 6.01 Å². The number of hydrogen-bond donors (Lipinski definition) is 0. The van der Waals surface area contributed by atoms with Gasteiger partial charge in [0, 0.05) is 5.56 Å². The third-order valence-corrected chi connectivity index (χ3v) is 4.23. The first kappa shape index (κ1) is 21.4. The highest BCUT2D eigenvalue weighted by atomic mass is 19.2. The highest BCUT2D eigenvalue weighted by Crippen LogP contribution is 2.26. The molecule has 0 saturated heterocycles. The van der Waals surface area contributed by atoms with Crippen molar-refractivity contribution < 1.29 is 31.4 Å². The molecule has 3 aromatic rings. The Morgan fingerprint density at radius 1 is 0.800 bits per heavy atom. The van der Waals surface area contributed by atoms with Crippen LogP contribution in [0.15, 0.2) is 66.7 Å². The highest BCUT2D eigenvalue weighted by Gasteiger charge is 2.12. The molecule has 0 N–H and O–H groups in total. The summed E-state index contributed by atoms with van der Waals surface area (Å²) in [6.45, 7) is 1.74. The topological polar surface area (TPSA) is 18.5 Å². The molecule has 2 nitrogen and oxygen atoms in total. The standard InChI is InChI=1S/C23H17F5O2/c1-2-29-23(28)21(26)16-5-3-14(4-6-16)13-30-18-9-7-15(8-10-18)17-11-19(24)22(27)20(25)12-17/h3-12H,2,13H2,1H3/b23-21-. The molecule has 0 amide bonds. The molecular formula is C23H17F5O2. The van der Waals surface area contributed by atoms with Gasteiger partial charge in [-0.2, -0.15) is 8.78 Å². The SMILES string of the molecule is CCO/C(F)=C(\F)c1ccc(COc2ccc(-c3cc(F)c(F)c(F)c3)cc2)cc1.